The summed E-state index contributed by atoms with van der Waals surface area (Å²) < 4.78 is 0. The second kappa shape index (κ2) is 13.4. The zero-order chi connectivity index (χ0) is 20.1. The van der Waals surface area contributed by atoms with Crippen LogP contribution in [0.4, 0.5) is 0 Å². The predicted molar refractivity (Wildman–Crippen MR) is 118 cm³/mol. The van der Waals surface area contributed by atoms with E-state index in [2.05, 4.69) is 37.9 Å². The lowest BCUT2D eigenvalue weighted by Crippen LogP contribution is -2.31. The Morgan fingerprint density at radius 3 is 2.00 bits per heavy atom. The number of nitrogens with one attached hydrogen (secondary N) is 1. The molecule has 0 spiro atoms. The summed E-state index contributed by atoms with van der Waals surface area (Å²) >= 11 is 5.98. The van der Waals surface area contributed by atoms with Crippen molar-refractivity contribution in [1.29, 1.82) is 0 Å². The molecule has 3 nitrogen and oxygen atoms in total. The average Bonchev–Trinajstić information content (AvgIpc) is 2.65. The lowest BCUT2D eigenvalue weighted by Gasteiger charge is -2.36. The molecule has 4 heteroatoms. The third-order valence-corrected chi connectivity index (χ3v) is 6.15. The van der Waals surface area contributed by atoms with Crippen LogP contribution in [-0.4, -0.2) is 16.1 Å². The molecular weight excluding hydrogens is 356 g/mol. The van der Waals surface area contributed by atoms with E-state index >= 15 is 0 Å². The fraction of sp³-hybridized carbons (Fsp3) is 0.826. The molecule has 0 aromatic carbocycles. The number of aromatic amines is 1. The van der Waals surface area contributed by atoms with Gasteiger partial charge in [-0.2, -0.15) is 5.10 Å². The molecule has 1 aromatic heterocycles. The number of unbranched alkanes of at least 4 members (excludes halogenated alkanes) is 1. The maximum atomic E-state index is 11.5. The molecule has 156 valence electrons. The Morgan fingerprint density at radius 2 is 1.56 bits per heavy atom. The van der Waals surface area contributed by atoms with Crippen molar-refractivity contribution in [3.05, 3.63) is 28.2 Å². The Balaban J connectivity index is 3.08. The molecule has 0 bridgehead atoms. The first kappa shape index (κ1) is 24.2. The number of nitrogens with zero attached hydrogens (tertiary/aromatic N) is 1. The molecule has 0 amide bonds. The third kappa shape index (κ3) is 8.81. The maximum absolute atomic E-state index is 11.5. The summed E-state index contributed by atoms with van der Waals surface area (Å²) in [5.74, 6) is 2.13. The normalized spacial score (nSPS) is 16.0. The first-order valence-corrected chi connectivity index (χ1v) is 11.6. The van der Waals surface area contributed by atoms with Gasteiger partial charge in [0.25, 0.3) is 5.56 Å². The van der Waals surface area contributed by atoms with Crippen molar-refractivity contribution in [2.75, 3.05) is 5.88 Å². The van der Waals surface area contributed by atoms with E-state index in [1.165, 1.54) is 51.4 Å². The van der Waals surface area contributed by atoms with E-state index in [1.807, 2.05) is 6.07 Å². The van der Waals surface area contributed by atoms with Gasteiger partial charge in [-0.1, -0.05) is 72.6 Å². The van der Waals surface area contributed by atoms with Crippen molar-refractivity contribution >= 4 is 11.6 Å². The minimum atomic E-state index is -0.121. The first-order chi connectivity index (χ1) is 13.0. The molecular formula is C23H41ClN2O. The number of hydrogen-bond acceptors (Lipinski definition) is 2. The van der Waals surface area contributed by atoms with Crippen LogP contribution in [0.25, 0.3) is 0 Å². The van der Waals surface area contributed by atoms with Crippen molar-refractivity contribution in [3.63, 3.8) is 0 Å². The summed E-state index contributed by atoms with van der Waals surface area (Å²) in [4.78, 5) is 11.5. The number of alkyl halides is 1. The summed E-state index contributed by atoms with van der Waals surface area (Å²) in [5.41, 5.74) is 0.931. The van der Waals surface area contributed by atoms with Gasteiger partial charge in [-0.05, 0) is 43.6 Å². The monoisotopic (exact) mass is 396 g/mol. The zero-order valence-electron chi connectivity index (χ0n) is 18.0. The Labute approximate surface area is 171 Å². The Kier molecular flexibility index (Phi) is 12.0. The van der Waals surface area contributed by atoms with E-state index in [0.29, 0.717) is 5.92 Å². The highest BCUT2D eigenvalue weighted by molar-refractivity contribution is 6.17. The summed E-state index contributed by atoms with van der Waals surface area (Å²) in [5, 5.41) is 7.15. The Morgan fingerprint density at radius 1 is 0.963 bits per heavy atom. The van der Waals surface area contributed by atoms with E-state index < -0.39 is 0 Å². The number of H-pyrrole nitrogens is 1. The maximum Gasteiger partial charge on any atom is 0.264 e. The van der Waals surface area contributed by atoms with Crippen LogP contribution in [0, 0.1) is 11.8 Å². The SMILES string of the molecule is CCCCC(CCC)CC(C)(CC(CCC)CCCCl)c1ccc(=O)[nH]n1. The molecule has 0 aliphatic heterocycles. The lowest BCUT2D eigenvalue weighted by molar-refractivity contribution is 0.231. The summed E-state index contributed by atoms with van der Waals surface area (Å²) in [6.07, 6.45) is 13.3. The van der Waals surface area contributed by atoms with Gasteiger partial charge in [0.1, 0.15) is 0 Å². The van der Waals surface area contributed by atoms with Crippen molar-refractivity contribution < 1.29 is 0 Å². The van der Waals surface area contributed by atoms with Crippen molar-refractivity contribution in [3.8, 4) is 0 Å². The average molecular weight is 397 g/mol. The van der Waals surface area contributed by atoms with Crippen molar-refractivity contribution in [1.82, 2.24) is 10.2 Å². The molecule has 0 aliphatic carbocycles. The molecule has 0 radical (unpaired) electrons. The Bertz CT molecular complexity index is 517. The van der Waals surface area contributed by atoms with Gasteiger partial charge >= 0.3 is 0 Å². The van der Waals surface area contributed by atoms with Crippen molar-refractivity contribution in [2.24, 2.45) is 11.8 Å². The minimum absolute atomic E-state index is 0.00390. The highest BCUT2D eigenvalue weighted by atomic mass is 35.5. The summed E-state index contributed by atoms with van der Waals surface area (Å²) in [6, 6.07) is 3.58. The van der Waals surface area contributed by atoms with E-state index in [0.717, 1.165) is 36.8 Å². The van der Waals surface area contributed by atoms with Gasteiger partial charge in [0.15, 0.2) is 0 Å². The molecule has 0 aliphatic rings. The fourth-order valence-electron chi connectivity index (χ4n) is 4.62. The van der Waals surface area contributed by atoms with Crippen LogP contribution >= 0.6 is 11.6 Å². The molecule has 1 rings (SSSR count). The minimum Gasteiger partial charge on any atom is -0.268 e. The smallest absolute Gasteiger partial charge is 0.264 e. The van der Waals surface area contributed by atoms with Crippen molar-refractivity contribution in [2.45, 2.75) is 104 Å². The molecule has 3 atom stereocenters. The van der Waals surface area contributed by atoms with Crippen LogP contribution in [-0.2, 0) is 5.41 Å². The van der Waals surface area contributed by atoms with Gasteiger partial charge in [-0.3, -0.25) is 4.79 Å². The number of rotatable bonds is 15. The predicted octanol–water partition coefficient (Wildman–Crippen LogP) is 6.85. The molecule has 27 heavy (non-hydrogen) atoms. The van der Waals surface area contributed by atoms with E-state index in [1.54, 1.807) is 6.07 Å². The Hall–Kier alpha value is -0.830. The summed E-state index contributed by atoms with van der Waals surface area (Å²) in [6.45, 7) is 9.19. The van der Waals surface area contributed by atoms with Gasteiger partial charge in [0, 0.05) is 17.4 Å². The second-order valence-corrected chi connectivity index (χ2v) is 8.94. The van der Waals surface area contributed by atoms with Gasteiger partial charge in [-0.15, -0.1) is 11.6 Å². The van der Waals surface area contributed by atoms with Crippen LogP contribution in [0.3, 0.4) is 0 Å². The van der Waals surface area contributed by atoms with E-state index in [9.17, 15) is 4.79 Å². The van der Waals surface area contributed by atoms with Gasteiger partial charge in [0.05, 0.1) is 5.69 Å². The highest BCUT2D eigenvalue weighted by Gasteiger charge is 2.33. The van der Waals surface area contributed by atoms with Crippen LogP contribution in [0.1, 0.15) is 104 Å². The molecule has 3 unspecified atom stereocenters. The van der Waals surface area contributed by atoms with Crippen LogP contribution in [0.15, 0.2) is 16.9 Å². The van der Waals surface area contributed by atoms with Gasteiger partial charge in [0.2, 0.25) is 0 Å². The highest BCUT2D eigenvalue weighted by Crippen LogP contribution is 2.40. The quantitative estimate of drug-likeness (QED) is 0.329. The van der Waals surface area contributed by atoms with Crippen LogP contribution < -0.4 is 5.56 Å². The lowest BCUT2D eigenvalue weighted by atomic mass is 9.69. The van der Waals surface area contributed by atoms with Crippen LogP contribution in [0.5, 0.6) is 0 Å². The molecule has 1 heterocycles. The topological polar surface area (TPSA) is 45.8 Å². The number of halogens is 1. The fourth-order valence-corrected chi connectivity index (χ4v) is 4.77. The second-order valence-electron chi connectivity index (χ2n) is 8.56. The van der Waals surface area contributed by atoms with Gasteiger partial charge in [-0.25, -0.2) is 5.10 Å². The third-order valence-electron chi connectivity index (χ3n) is 5.88. The van der Waals surface area contributed by atoms with Crippen LogP contribution in [0.2, 0.25) is 0 Å². The molecule has 0 fully saturated rings. The number of hydrogen-bond donors (Lipinski definition) is 1. The number of aromatic nitrogens is 2. The molecule has 0 saturated carbocycles. The largest absolute Gasteiger partial charge is 0.268 e. The standard InChI is InChI=1S/C23H41ClN2O/c1-5-8-12-19(10-6-2)17-23(4,21-14-15-22(27)26-25-21)18-20(11-7-3)13-9-16-24/h14-15,19-20H,5-13,16-18H2,1-4H3,(H,26,27). The molecule has 1 N–H and O–H groups in total. The van der Waals surface area contributed by atoms with Gasteiger partial charge < -0.3 is 0 Å². The molecule has 0 saturated heterocycles. The first-order valence-electron chi connectivity index (χ1n) is 11.1. The molecule has 1 aromatic rings. The summed E-state index contributed by atoms with van der Waals surface area (Å²) in [7, 11) is 0. The zero-order valence-corrected chi connectivity index (χ0v) is 18.8. The van der Waals surface area contributed by atoms with E-state index in [-0.39, 0.29) is 11.0 Å². The van der Waals surface area contributed by atoms with E-state index in [4.69, 9.17) is 11.6 Å².